The first-order valence-electron chi connectivity index (χ1n) is 7.92. The molecule has 1 amide bonds. The average molecular weight is 423 g/mol. The fourth-order valence-corrected chi connectivity index (χ4v) is 4.47. The molecule has 1 aromatic heterocycles. The van der Waals surface area contributed by atoms with E-state index in [1.165, 1.54) is 0 Å². The van der Waals surface area contributed by atoms with Gasteiger partial charge in [-0.2, -0.15) is 0 Å². The van der Waals surface area contributed by atoms with E-state index in [0.717, 1.165) is 31.9 Å². The topological polar surface area (TPSA) is 42.0 Å². The van der Waals surface area contributed by atoms with Gasteiger partial charge >= 0.3 is 0 Å². The number of benzene rings is 2. The Kier molecular flexibility index (Phi) is 6.97. The first kappa shape index (κ1) is 19.2. The average Bonchev–Trinajstić information content (AvgIpc) is 3.07. The van der Waals surface area contributed by atoms with Crippen LogP contribution in [0.1, 0.15) is 16.8 Å². The summed E-state index contributed by atoms with van der Waals surface area (Å²) in [5, 5.41) is 6.20. The van der Waals surface area contributed by atoms with Crippen molar-refractivity contribution in [3.8, 4) is 0 Å². The van der Waals surface area contributed by atoms with Gasteiger partial charge in [0.2, 0.25) is 5.91 Å². The summed E-state index contributed by atoms with van der Waals surface area (Å²) in [6, 6.07) is 15.3. The molecule has 0 aliphatic heterocycles. The van der Waals surface area contributed by atoms with E-state index in [2.05, 4.69) is 10.3 Å². The number of rotatable bonds is 7. The van der Waals surface area contributed by atoms with Crippen LogP contribution in [0.25, 0.3) is 0 Å². The minimum atomic E-state index is -0.0680. The number of halogens is 2. The molecule has 1 N–H and O–H groups in total. The van der Waals surface area contributed by atoms with Gasteiger partial charge in [-0.3, -0.25) is 4.79 Å². The second kappa shape index (κ2) is 9.42. The summed E-state index contributed by atoms with van der Waals surface area (Å²) in [5.74, 6) is 0.730. The highest BCUT2D eigenvalue weighted by Gasteiger charge is 2.09. The highest BCUT2D eigenvalue weighted by molar-refractivity contribution is 8.00. The van der Waals surface area contributed by atoms with Crippen molar-refractivity contribution in [2.75, 3.05) is 0 Å². The van der Waals surface area contributed by atoms with Gasteiger partial charge in [0.05, 0.1) is 12.1 Å². The lowest BCUT2D eigenvalue weighted by molar-refractivity contribution is -0.120. The van der Waals surface area contributed by atoms with Gasteiger partial charge in [0.1, 0.15) is 4.34 Å². The fraction of sp³-hybridized carbons (Fsp3) is 0.158. The van der Waals surface area contributed by atoms with Gasteiger partial charge in [-0.1, -0.05) is 65.3 Å². The van der Waals surface area contributed by atoms with E-state index in [4.69, 9.17) is 23.2 Å². The number of carbonyl (C=O) groups is 1. The summed E-state index contributed by atoms with van der Waals surface area (Å²) in [6.07, 6.45) is 0.263. The maximum absolute atomic E-state index is 12.1. The first-order chi connectivity index (χ1) is 12.6. The van der Waals surface area contributed by atoms with Crippen LogP contribution in [0, 0.1) is 0 Å². The van der Waals surface area contributed by atoms with Crippen LogP contribution in [0.15, 0.2) is 58.3 Å². The fourth-order valence-electron chi connectivity index (χ4n) is 2.27. The lowest BCUT2D eigenvalue weighted by Gasteiger charge is -2.06. The molecule has 0 spiro atoms. The molecule has 0 fully saturated rings. The highest BCUT2D eigenvalue weighted by atomic mass is 35.5. The SMILES string of the molecule is O=C(Cc1csc(SCc2cccc(Cl)c2)n1)NCc1ccccc1Cl. The number of thioether (sulfide) groups is 1. The predicted octanol–water partition coefficient (Wildman–Crippen LogP) is 5.60. The van der Waals surface area contributed by atoms with Crippen LogP contribution in [-0.4, -0.2) is 10.9 Å². The van der Waals surface area contributed by atoms with Crippen molar-refractivity contribution in [1.82, 2.24) is 10.3 Å². The lowest BCUT2D eigenvalue weighted by Crippen LogP contribution is -2.24. The van der Waals surface area contributed by atoms with Crippen LogP contribution in [-0.2, 0) is 23.5 Å². The number of nitrogens with zero attached hydrogens (tertiary/aromatic N) is 1. The van der Waals surface area contributed by atoms with E-state index in [-0.39, 0.29) is 12.3 Å². The summed E-state index contributed by atoms with van der Waals surface area (Å²) < 4.78 is 0.943. The van der Waals surface area contributed by atoms with Crippen molar-refractivity contribution >= 4 is 52.2 Å². The monoisotopic (exact) mass is 422 g/mol. The smallest absolute Gasteiger partial charge is 0.226 e. The Morgan fingerprint density at radius 1 is 1.15 bits per heavy atom. The lowest BCUT2D eigenvalue weighted by atomic mass is 10.2. The Labute approximate surface area is 170 Å². The van der Waals surface area contributed by atoms with Gasteiger partial charge in [-0.05, 0) is 29.3 Å². The Bertz CT molecular complexity index is 899. The number of hydrogen-bond donors (Lipinski definition) is 1. The van der Waals surface area contributed by atoms with Crippen LogP contribution in [0.3, 0.4) is 0 Å². The van der Waals surface area contributed by atoms with Gasteiger partial charge in [0, 0.05) is 27.7 Å². The molecule has 1 heterocycles. The zero-order valence-corrected chi connectivity index (χ0v) is 16.9. The van der Waals surface area contributed by atoms with Crippen molar-refractivity contribution in [1.29, 1.82) is 0 Å². The molecule has 3 nitrogen and oxygen atoms in total. The molecule has 7 heteroatoms. The van der Waals surface area contributed by atoms with Crippen LogP contribution in [0.2, 0.25) is 10.0 Å². The van der Waals surface area contributed by atoms with Crippen molar-refractivity contribution in [2.45, 2.75) is 23.1 Å². The summed E-state index contributed by atoms with van der Waals surface area (Å²) in [6.45, 7) is 0.416. The van der Waals surface area contributed by atoms with E-state index >= 15 is 0 Å². The van der Waals surface area contributed by atoms with Gasteiger partial charge < -0.3 is 5.32 Å². The van der Waals surface area contributed by atoms with Crippen LogP contribution >= 0.6 is 46.3 Å². The molecular formula is C19H16Cl2N2OS2. The predicted molar refractivity (Wildman–Crippen MR) is 110 cm³/mol. The molecule has 26 heavy (non-hydrogen) atoms. The van der Waals surface area contributed by atoms with Crippen molar-refractivity contribution < 1.29 is 4.79 Å². The van der Waals surface area contributed by atoms with Gasteiger partial charge in [0.15, 0.2) is 0 Å². The molecule has 3 aromatic rings. The van der Waals surface area contributed by atoms with Crippen LogP contribution in [0.4, 0.5) is 0 Å². The summed E-state index contributed by atoms with van der Waals surface area (Å²) >= 11 is 15.3. The maximum atomic E-state index is 12.1. The standard InChI is InChI=1S/C19H16Cl2N2OS2/c20-15-6-3-4-13(8-15)11-25-19-23-16(12-26-19)9-18(24)22-10-14-5-1-2-7-17(14)21/h1-8,12H,9-11H2,(H,22,24). The number of nitrogens with one attached hydrogen (secondary N) is 1. The third-order valence-corrected chi connectivity index (χ3v) is 6.30. The molecular weight excluding hydrogens is 407 g/mol. The second-order valence-electron chi connectivity index (χ2n) is 5.57. The number of hydrogen-bond acceptors (Lipinski definition) is 4. The summed E-state index contributed by atoms with van der Waals surface area (Å²) in [4.78, 5) is 16.6. The third-order valence-electron chi connectivity index (χ3n) is 3.56. The number of aromatic nitrogens is 1. The second-order valence-corrected chi connectivity index (χ2v) is 8.49. The van der Waals surface area contributed by atoms with E-state index in [1.54, 1.807) is 23.1 Å². The van der Waals surface area contributed by atoms with Crippen LogP contribution < -0.4 is 5.32 Å². The number of carbonyl (C=O) groups excluding carboxylic acids is 1. The molecule has 0 saturated carbocycles. The molecule has 0 bridgehead atoms. The molecule has 0 atom stereocenters. The molecule has 134 valence electrons. The van der Waals surface area contributed by atoms with E-state index < -0.39 is 0 Å². The molecule has 0 aliphatic rings. The van der Waals surface area contributed by atoms with Gasteiger partial charge in [-0.15, -0.1) is 11.3 Å². The Morgan fingerprint density at radius 3 is 2.81 bits per heavy atom. The van der Waals surface area contributed by atoms with Crippen molar-refractivity contribution in [3.05, 3.63) is 80.8 Å². The molecule has 2 aromatic carbocycles. The number of amides is 1. The summed E-state index contributed by atoms with van der Waals surface area (Å²) in [5.41, 5.74) is 2.83. The molecule has 3 rings (SSSR count). The largest absolute Gasteiger partial charge is 0.352 e. The third kappa shape index (κ3) is 5.74. The van der Waals surface area contributed by atoms with Crippen molar-refractivity contribution in [2.24, 2.45) is 0 Å². The molecule has 0 saturated heterocycles. The maximum Gasteiger partial charge on any atom is 0.226 e. The van der Waals surface area contributed by atoms with Gasteiger partial charge in [0.25, 0.3) is 0 Å². The molecule has 0 radical (unpaired) electrons. The zero-order valence-electron chi connectivity index (χ0n) is 13.7. The Hall–Kier alpha value is -1.53. The first-order valence-corrected chi connectivity index (χ1v) is 10.5. The Morgan fingerprint density at radius 2 is 2.00 bits per heavy atom. The summed E-state index contributed by atoms with van der Waals surface area (Å²) in [7, 11) is 0. The minimum Gasteiger partial charge on any atom is -0.352 e. The van der Waals surface area contributed by atoms with E-state index in [0.29, 0.717) is 11.6 Å². The van der Waals surface area contributed by atoms with Crippen LogP contribution in [0.5, 0.6) is 0 Å². The normalized spacial score (nSPS) is 10.7. The minimum absolute atomic E-state index is 0.0680. The van der Waals surface area contributed by atoms with Crippen molar-refractivity contribution in [3.63, 3.8) is 0 Å². The number of thiazole rings is 1. The molecule has 0 aliphatic carbocycles. The molecule has 0 unspecified atom stereocenters. The van der Waals surface area contributed by atoms with E-state index in [9.17, 15) is 4.79 Å². The highest BCUT2D eigenvalue weighted by Crippen LogP contribution is 2.27. The zero-order chi connectivity index (χ0) is 18.4. The van der Waals surface area contributed by atoms with Gasteiger partial charge in [-0.25, -0.2) is 4.98 Å². The Balaban J connectivity index is 1.48. The van der Waals surface area contributed by atoms with E-state index in [1.807, 2.05) is 53.9 Å². The quantitative estimate of drug-likeness (QED) is 0.503.